The van der Waals surface area contributed by atoms with E-state index in [0.717, 1.165) is 18.0 Å². The van der Waals surface area contributed by atoms with Gasteiger partial charge in [-0.15, -0.1) is 0 Å². The predicted molar refractivity (Wildman–Crippen MR) is 88.5 cm³/mol. The summed E-state index contributed by atoms with van der Waals surface area (Å²) in [5, 5.41) is 0.663. The van der Waals surface area contributed by atoms with Crippen LogP contribution in [0.15, 0.2) is 18.2 Å². The minimum absolute atomic E-state index is 0.663. The highest BCUT2D eigenvalue weighted by atomic mass is 32.1. The Labute approximate surface area is 129 Å². The molecule has 21 heavy (non-hydrogen) atoms. The topological polar surface area (TPSA) is 45.4 Å². The molecule has 2 N–H and O–H groups in total. The van der Waals surface area contributed by atoms with E-state index in [1.807, 2.05) is 0 Å². The molecule has 1 aromatic heterocycles. The molecule has 0 spiro atoms. The third-order valence-electron chi connectivity index (χ3n) is 4.55. The summed E-state index contributed by atoms with van der Waals surface area (Å²) in [7, 11) is 0. The Bertz CT molecular complexity index is 626. The standard InChI is InChI=1S/C16H22N4S/c17-16-18-14-4-3-13(9-15(14)21-16)11-20-7-5-19(6-8-20)10-12-1-2-12/h3-4,9,12H,1-2,5-8,10-11H2,(H2,17,18). The Balaban J connectivity index is 1.36. The molecule has 1 aliphatic carbocycles. The van der Waals surface area contributed by atoms with Crippen molar-refractivity contribution >= 4 is 26.7 Å². The van der Waals surface area contributed by atoms with E-state index in [9.17, 15) is 0 Å². The number of benzene rings is 1. The minimum Gasteiger partial charge on any atom is -0.375 e. The summed E-state index contributed by atoms with van der Waals surface area (Å²) in [5.41, 5.74) is 8.18. The number of hydrogen-bond acceptors (Lipinski definition) is 5. The summed E-state index contributed by atoms with van der Waals surface area (Å²) in [6, 6.07) is 6.54. The number of fused-ring (bicyclic) bond motifs is 1. The molecular weight excluding hydrogens is 280 g/mol. The molecule has 1 saturated carbocycles. The van der Waals surface area contributed by atoms with E-state index in [2.05, 4.69) is 33.0 Å². The second-order valence-electron chi connectivity index (χ2n) is 6.37. The van der Waals surface area contributed by atoms with Crippen molar-refractivity contribution < 1.29 is 0 Å². The van der Waals surface area contributed by atoms with Gasteiger partial charge in [-0.2, -0.15) is 0 Å². The number of nitrogens with two attached hydrogens (primary N) is 1. The monoisotopic (exact) mass is 302 g/mol. The molecule has 0 unspecified atom stereocenters. The quantitative estimate of drug-likeness (QED) is 0.942. The number of anilines is 1. The fourth-order valence-corrected chi connectivity index (χ4v) is 3.94. The van der Waals surface area contributed by atoms with Crippen molar-refractivity contribution in [3.05, 3.63) is 23.8 Å². The Kier molecular flexibility index (Phi) is 3.57. The number of nitrogens with zero attached hydrogens (tertiary/aromatic N) is 3. The molecule has 1 aromatic carbocycles. The lowest BCUT2D eigenvalue weighted by atomic mass is 10.2. The van der Waals surface area contributed by atoms with Gasteiger partial charge >= 0.3 is 0 Å². The van der Waals surface area contributed by atoms with Crippen molar-refractivity contribution in [2.45, 2.75) is 19.4 Å². The first-order chi connectivity index (χ1) is 10.3. The zero-order valence-corrected chi connectivity index (χ0v) is 13.1. The van der Waals surface area contributed by atoms with E-state index in [-0.39, 0.29) is 0 Å². The highest BCUT2D eigenvalue weighted by Crippen LogP contribution is 2.30. The summed E-state index contributed by atoms with van der Waals surface area (Å²) in [5.74, 6) is 1.01. The summed E-state index contributed by atoms with van der Waals surface area (Å²) in [6.45, 7) is 7.22. The van der Waals surface area contributed by atoms with E-state index in [1.165, 1.54) is 55.8 Å². The van der Waals surface area contributed by atoms with Gasteiger partial charge in [-0.25, -0.2) is 4.98 Å². The van der Waals surface area contributed by atoms with Crippen molar-refractivity contribution in [3.8, 4) is 0 Å². The van der Waals surface area contributed by atoms with Crippen LogP contribution in [-0.2, 0) is 6.54 Å². The van der Waals surface area contributed by atoms with Crippen LogP contribution in [0.1, 0.15) is 18.4 Å². The maximum absolute atomic E-state index is 5.78. The number of nitrogen functional groups attached to an aromatic ring is 1. The Morgan fingerprint density at radius 1 is 1.14 bits per heavy atom. The smallest absolute Gasteiger partial charge is 0.181 e. The van der Waals surface area contributed by atoms with Crippen LogP contribution in [0.2, 0.25) is 0 Å². The normalized spacial score (nSPS) is 21.1. The van der Waals surface area contributed by atoms with E-state index in [0.29, 0.717) is 5.13 Å². The van der Waals surface area contributed by atoms with Gasteiger partial charge in [-0.05, 0) is 36.5 Å². The van der Waals surface area contributed by atoms with Gasteiger partial charge in [0.15, 0.2) is 5.13 Å². The van der Waals surface area contributed by atoms with Crippen molar-refractivity contribution in [1.82, 2.24) is 14.8 Å². The highest BCUT2D eigenvalue weighted by molar-refractivity contribution is 7.22. The van der Waals surface area contributed by atoms with Crippen LogP contribution in [0, 0.1) is 5.92 Å². The minimum atomic E-state index is 0.663. The molecule has 0 radical (unpaired) electrons. The molecule has 2 aliphatic rings. The van der Waals surface area contributed by atoms with E-state index >= 15 is 0 Å². The number of thiazole rings is 1. The molecular formula is C16H22N4S. The second kappa shape index (κ2) is 5.55. The van der Waals surface area contributed by atoms with Crippen LogP contribution in [0.5, 0.6) is 0 Å². The largest absolute Gasteiger partial charge is 0.375 e. The molecule has 4 rings (SSSR count). The molecule has 2 aromatic rings. The van der Waals surface area contributed by atoms with E-state index < -0.39 is 0 Å². The number of rotatable bonds is 4. The lowest BCUT2D eigenvalue weighted by Gasteiger charge is -2.34. The van der Waals surface area contributed by atoms with Crippen LogP contribution in [0.3, 0.4) is 0 Å². The third-order valence-corrected chi connectivity index (χ3v) is 5.40. The summed E-state index contributed by atoms with van der Waals surface area (Å²) in [6.07, 6.45) is 2.91. The van der Waals surface area contributed by atoms with Gasteiger partial charge in [-0.1, -0.05) is 17.4 Å². The van der Waals surface area contributed by atoms with Crippen LogP contribution in [-0.4, -0.2) is 47.5 Å². The number of aromatic nitrogens is 1. The number of piperazine rings is 1. The average molecular weight is 302 g/mol. The Morgan fingerprint density at radius 2 is 1.90 bits per heavy atom. The molecule has 0 bridgehead atoms. The molecule has 0 amide bonds. The maximum atomic E-state index is 5.78. The van der Waals surface area contributed by atoms with Crippen LogP contribution in [0.4, 0.5) is 5.13 Å². The zero-order valence-electron chi connectivity index (χ0n) is 12.3. The van der Waals surface area contributed by atoms with Crippen molar-refractivity contribution in [3.63, 3.8) is 0 Å². The molecule has 112 valence electrons. The van der Waals surface area contributed by atoms with Gasteiger partial charge in [-0.3, -0.25) is 4.90 Å². The summed E-state index contributed by atoms with van der Waals surface area (Å²) in [4.78, 5) is 9.53. The molecule has 4 nitrogen and oxygen atoms in total. The van der Waals surface area contributed by atoms with Gasteiger partial charge < -0.3 is 10.6 Å². The number of hydrogen-bond donors (Lipinski definition) is 1. The van der Waals surface area contributed by atoms with Gasteiger partial charge in [0.1, 0.15) is 0 Å². The van der Waals surface area contributed by atoms with Crippen LogP contribution in [0.25, 0.3) is 10.2 Å². The van der Waals surface area contributed by atoms with Crippen LogP contribution < -0.4 is 5.73 Å². The molecule has 2 heterocycles. The predicted octanol–water partition coefficient (Wildman–Crippen LogP) is 2.41. The van der Waals surface area contributed by atoms with Gasteiger partial charge in [0.25, 0.3) is 0 Å². The Hall–Kier alpha value is -1.17. The van der Waals surface area contributed by atoms with Crippen molar-refractivity contribution in [1.29, 1.82) is 0 Å². The molecule has 5 heteroatoms. The average Bonchev–Trinajstić information content (AvgIpc) is 3.20. The lowest BCUT2D eigenvalue weighted by molar-refractivity contribution is 0.123. The first kappa shape index (κ1) is 13.5. The van der Waals surface area contributed by atoms with Gasteiger partial charge in [0, 0.05) is 39.3 Å². The van der Waals surface area contributed by atoms with E-state index in [1.54, 1.807) is 11.3 Å². The van der Waals surface area contributed by atoms with E-state index in [4.69, 9.17) is 5.73 Å². The zero-order chi connectivity index (χ0) is 14.2. The fraction of sp³-hybridized carbons (Fsp3) is 0.562. The maximum Gasteiger partial charge on any atom is 0.181 e. The SMILES string of the molecule is Nc1nc2ccc(CN3CCN(CC4CC4)CC3)cc2s1. The first-order valence-corrected chi connectivity index (χ1v) is 8.67. The third kappa shape index (κ3) is 3.20. The van der Waals surface area contributed by atoms with Crippen molar-refractivity contribution in [2.75, 3.05) is 38.5 Å². The second-order valence-corrected chi connectivity index (χ2v) is 7.44. The first-order valence-electron chi connectivity index (χ1n) is 7.86. The fourth-order valence-electron chi connectivity index (χ4n) is 3.14. The summed E-state index contributed by atoms with van der Waals surface area (Å²) < 4.78 is 1.21. The Morgan fingerprint density at radius 3 is 2.67 bits per heavy atom. The molecule has 2 fully saturated rings. The molecule has 1 aliphatic heterocycles. The molecule has 1 saturated heterocycles. The van der Waals surface area contributed by atoms with Crippen LogP contribution >= 0.6 is 11.3 Å². The molecule has 0 atom stereocenters. The lowest BCUT2D eigenvalue weighted by Crippen LogP contribution is -2.46. The van der Waals surface area contributed by atoms with Gasteiger partial charge in [0.05, 0.1) is 10.2 Å². The summed E-state index contributed by atoms with van der Waals surface area (Å²) >= 11 is 1.58. The van der Waals surface area contributed by atoms with Gasteiger partial charge in [0.2, 0.25) is 0 Å². The highest BCUT2D eigenvalue weighted by Gasteiger charge is 2.26. The van der Waals surface area contributed by atoms with Crippen molar-refractivity contribution in [2.24, 2.45) is 5.92 Å².